The molecule has 2 aromatic carbocycles. The minimum Gasteiger partial charge on any atom is -0.427 e. The first-order chi connectivity index (χ1) is 9.13. The highest BCUT2D eigenvalue weighted by atomic mass is 79.9. The third-order valence-electron chi connectivity index (χ3n) is 2.55. The van der Waals surface area contributed by atoms with Crippen molar-refractivity contribution < 1.29 is 9.53 Å². The van der Waals surface area contributed by atoms with E-state index in [-0.39, 0.29) is 5.97 Å². The van der Waals surface area contributed by atoms with Crippen molar-refractivity contribution in [2.75, 3.05) is 0 Å². The summed E-state index contributed by atoms with van der Waals surface area (Å²) in [7, 11) is 0. The summed E-state index contributed by atoms with van der Waals surface area (Å²) in [4.78, 5) is 11.7. The Kier molecular flexibility index (Phi) is 5.00. The molecule has 0 radical (unpaired) electrons. The van der Waals surface area contributed by atoms with Gasteiger partial charge >= 0.3 is 5.97 Å². The number of ether oxygens (including phenoxy) is 1. The van der Waals surface area contributed by atoms with Crippen LogP contribution in [0, 0.1) is 0 Å². The Hall–Kier alpha value is -1.32. The van der Waals surface area contributed by atoms with Gasteiger partial charge in [-0.1, -0.05) is 39.7 Å². The van der Waals surface area contributed by atoms with Gasteiger partial charge in [0.15, 0.2) is 0 Å². The Bertz CT molecular complexity index is 567. The van der Waals surface area contributed by atoms with E-state index in [4.69, 9.17) is 16.3 Å². The minimum atomic E-state index is -0.248. The Balaban J connectivity index is 1.86. The molecule has 2 rings (SSSR count). The van der Waals surface area contributed by atoms with Crippen LogP contribution in [0.1, 0.15) is 12.0 Å². The van der Waals surface area contributed by atoms with Gasteiger partial charge < -0.3 is 4.74 Å². The zero-order valence-corrected chi connectivity index (χ0v) is 12.4. The van der Waals surface area contributed by atoms with Crippen LogP contribution < -0.4 is 4.74 Å². The predicted molar refractivity (Wildman–Crippen MR) is 79.6 cm³/mol. The molecule has 0 saturated heterocycles. The topological polar surface area (TPSA) is 26.3 Å². The number of aryl methyl sites for hydroxylation is 1. The Morgan fingerprint density at radius 1 is 1.16 bits per heavy atom. The number of esters is 1. The monoisotopic (exact) mass is 338 g/mol. The second-order valence-electron chi connectivity index (χ2n) is 4.06. The van der Waals surface area contributed by atoms with Crippen LogP contribution in [0.25, 0.3) is 0 Å². The predicted octanol–water partition coefficient (Wildman–Crippen LogP) is 4.64. The van der Waals surface area contributed by atoms with Crippen LogP contribution in [0.5, 0.6) is 5.75 Å². The van der Waals surface area contributed by atoms with Crippen molar-refractivity contribution in [1.82, 2.24) is 0 Å². The van der Waals surface area contributed by atoms with Gasteiger partial charge in [0, 0.05) is 15.9 Å². The fraction of sp³-hybridized carbons (Fsp3) is 0.133. The van der Waals surface area contributed by atoms with E-state index in [9.17, 15) is 4.79 Å². The molecule has 0 aromatic heterocycles. The molecule has 19 heavy (non-hydrogen) atoms. The van der Waals surface area contributed by atoms with Gasteiger partial charge in [0.25, 0.3) is 0 Å². The molecular formula is C15H12BrClO2. The lowest BCUT2D eigenvalue weighted by Gasteiger charge is -2.05. The molecule has 4 heteroatoms. The van der Waals surface area contributed by atoms with Crippen LogP contribution in [0.3, 0.4) is 0 Å². The summed E-state index contributed by atoms with van der Waals surface area (Å²) in [6, 6.07) is 14.7. The summed E-state index contributed by atoms with van der Waals surface area (Å²) in [5.74, 6) is 0.307. The highest BCUT2D eigenvalue weighted by molar-refractivity contribution is 9.10. The molecule has 0 bridgehead atoms. The number of rotatable bonds is 4. The van der Waals surface area contributed by atoms with Crippen LogP contribution in [-0.4, -0.2) is 5.97 Å². The van der Waals surface area contributed by atoms with Crippen molar-refractivity contribution in [2.24, 2.45) is 0 Å². The summed E-state index contributed by atoms with van der Waals surface area (Å²) in [6.45, 7) is 0. The van der Waals surface area contributed by atoms with Gasteiger partial charge in [0.1, 0.15) is 5.75 Å². The van der Waals surface area contributed by atoms with Gasteiger partial charge in [0.05, 0.1) is 0 Å². The maximum atomic E-state index is 11.7. The molecular weight excluding hydrogens is 328 g/mol. The molecule has 0 aliphatic heterocycles. The third-order valence-corrected chi connectivity index (χ3v) is 3.32. The molecule has 0 heterocycles. The van der Waals surface area contributed by atoms with E-state index in [2.05, 4.69) is 15.9 Å². The van der Waals surface area contributed by atoms with Crippen LogP contribution in [0.15, 0.2) is 53.0 Å². The number of halogens is 2. The number of carbonyl (C=O) groups excluding carboxylic acids is 1. The van der Waals surface area contributed by atoms with Crippen molar-refractivity contribution in [3.63, 3.8) is 0 Å². The van der Waals surface area contributed by atoms with E-state index < -0.39 is 0 Å². The lowest BCUT2D eigenvalue weighted by atomic mass is 10.1. The number of benzene rings is 2. The first kappa shape index (κ1) is 14.1. The maximum absolute atomic E-state index is 11.7. The van der Waals surface area contributed by atoms with Crippen molar-refractivity contribution in [1.29, 1.82) is 0 Å². The molecule has 0 aliphatic rings. The fourth-order valence-corrected chi connectivity index (χ4v) is 2.10. The van der Waals surface area contributed by atoms with Gasteiger partial charge in [-0.05, 0) is 48.4 Å². The molecule has 0 fully saturated rings. The average Bonchev–Trinajstić information content (AvgIpc) is 2.39. The molecule has 0 amide bonds. The molecule has 0 atom stereocenters. The summed E-state index contributed by atoms with van der Waals surface area (Å²) < 4.78 is 6.18. The Morgan fingerprint density at radius 3 is 2.58 bits per heavy atom. The van der Waals surface area contributed by atoms with Gasteiger partial charge in [-0.2, -0.15) is 0 Å². The molecule has 0 N–H and O–H groups in total. The lowest BCUT2D eigenvalue weighted by molar-refractivity contribution is -0.134. The summed E-state index contributed by atoms with van der Waals surface area (Å²) in [5.41, 5.74) is 1.03. The highest BCUT2D eigenvalue weighted by Crippen LogP contribution is 2.17. The first-order valence-corrected chi connectivity index (χ1v) is 7.01. The van der Waals surface area contributed by atoms with Crippen LogP contribution in [0.4, 0.5) is 0 Å². The Labute approximate surface area is 125 Å². The summed E-state index contributed by atoms with van der Waals surface area (Å²) in [6.07, 6.45) is 0.951. The molecule has 0 spiro atoms. The minimum absolute atomic E-state index is 0.248. The van der Waals surface area contributed by atoms with E-state index >= 15 is 0 Å². The SMILES string of the molecule is O=C(CCc1cccc(Cl)c1)Oc1ccc(Br)cc1. The normalized spacial score (nSPS) is 10.2. The average molecular weight is 340 g/mol. The van der Waals surface area contributed by atoms with E-state index in [1.807, 2.05) is 36.4 Å². The lowest BCUT2D eigenvalue weighted by Crippen LogP contribution is -2.08. The number of hydrogen-bond acceptors (Lipinski definition) is 2. The van der Waals surface area contributed by atoms with Crippen molar-refractivity contribution >= 4 is 33.5 Å². The summed E-state index contributed by atoms with van der Waals surface area (Å²) >= 11 is 9.21. The van der Waals surface area contributed by atoms with E-state index in [1.54, 1.807) is 12.1 Å². The third kappa shape index (κ3) is 4.69. The van der Waals surface area contributed by atoms with Crippen LogP contribution >= 0.6 is 27.5 Å². The second-order valence-corrected chi connectivity index (χ2v) is 5.41. The summed E-state index contributed by atoms with van der Waals surface area (Å²) in [5, 5.41) is 0.679. The molecule has 0 aliphatic carbocycles. The zero-order valence-electron chi connectivity index (χ0n) is 10.1. The molecule has 0 saturated carbocycles. The van der Waals surface area contributed by atoms with Gasteiger partial charge in [-0.25, -0.2) is 0 Å². The fourth-order valence-electron chi connectivity index (χ4n) is 1.62. The van der Waals surface area contributed by atoms with Crippen molar-refractivity contribution in [3.8, 4) is 5.75 Å². The second kappa shape index (κ2) is 6.73. The zero-order chi connectivity index (χ0) is 13.7. The highest BCUT2D eigenvalue weighted by Gasteiger charge is 2.05. The van der Waals surface area contributed by atoms with Crippen LogP contribution in [0.2, 0.25) is 5.02 Å². The van der Waals surface area contributed by atoms with Gasteiger partial charge in [-0.15, -0.1) is 0 Å². The molecule has 2 nitrogen and oxygen atoms in total. The quantitative estimate of drug-likeness (QED) is 0.599. The Morgan fingerprint density at radius 2 is 1.89 bits per heavy atom. The van der Waals surface area contributed by atoms with Gasteiger partial charge in [0.2, 0.25) is 0 Å². The first-order valence-electron chi connectivity index (χ1n) is 5.84. The molecule has 2 aromatic rings. The van der Waals surface area contributed by atoms with Crippen LogP contribution in [-0.2, 0) is 11.2 Å². The number of carbonyl (C=O) groups is 1. The molecule has 0 unspecified atom stereocenters. The standard InChI is InChI=1S/C15H12BrClO2/c16-12-5-7-14(8-6-12)19-15(18)9-4-11-2-1-3-13(17)10-11/h1-3,5-8,10H,4,9H2. The molecule has 98 valence electrons. The number of hydrogen-bond donors (Lipinski definition) is 0. The van der Waals surface area contributed by atoms with E-state index in [0.29, 0.717) is 23.6 Å². The largest absolute Gasteiger partial charge is 0.427 e. The van der Waals surface area contributed by atoms with Crippen molar-refractivity contribution in [2.45, 2.75) is 12.8 Å². The van der Waals surface area contributed by atoms with Gasteiger partial charge in [-0.3, -0.25) is 4.79 Å². The van der Waals surface area contributed by atoms with Crippen molar-refractivity contribution in [3.05, 3.63) is 63.6 Å². The van der Waals surface area contributed by atoms with E-state index in [1.165, 1.54) is 0 Å². The van der Waals surface area contributed by atoms with E-state index in [0.717, 1.165) is 10.0 Å². The smallest absolute Gasteiger partial charge is 0.311 e. The maximum Gasteiger partial charge on any atom is 0.311 e.